The molecule has 1 amide bonds. The predicted octanol–water partition coefficient (Wildman–Crippen LogP) is 0.912. The molecule has 1 aromatic heterocycles. The van der Waals surface area contributed by atoms with Crippen LogP contribution in [0.15, 0.2) is 0 Å². The van der Waals surface area contributed by atoms with E-state index in [9.17, 15) is 4.79 Å². The van der Waals surface area contributed by atoms with Crippen molar-refractivity contribution >= 4 is 5.91 Å². The van der Waals surface area contributed by atoms with Crippen LogP contribution in [0.25, 0.3) is 0 Å². The first kappa shape index (κ1) is 13.6. The van der Waals surface area contributed by atoms with Crippen molar-refractivity contribution in [2.75, 3.05) is 13.2 Å². The van der Waals surface area contributed by atoms with E-state index in [1.807, 2.05) is 20.8 Å². The molecule has 1 aromatic rings. The van der Waals surface area contributed by atoms with E-state index in [1.165, 1.54) is 0 Å². The number of rotatable bonds is 7. The summed E-state index contributed by atoms with van der Waals surface area (Å²) >= 11 is 0. The number of H-pyrrole nitrogens is 1. The lowest BCUT2D eigenvalue weighted by Gasteiger charge is -2.11. The number of hydrogen-bond acceptors (Lipinski definition) is 4. The van der Waals surface area contributed by atoms with Gasteiger partial charge in [0.2, 0.25) is 5.82 Å². The van der Waals surface area contributed by atoms with Crippen LogP contribution in [0.5, 0.6) is 0 Å². The summed E-state index contributed by atoms with van der Waals surface area (Å²) in [6.07, 6.45) is 1.77. The summed E-state index contributed by atoms with van der Waals surface area (Å²) in [6, 6.07) is 0. The van der Waals surface area contributed by atoms with Gasteiger partial charge in [0.25, 0.3) is 5.91 Å². The number of nitrogens with zero attached hydrogens (tertiary/aromatic N) is 2. The molecule has 0 aromatic carbocycles. The van der Waals surface area contributed by atoms with Crippen LogP contribution in [0.2, 0.25) is 0 Å². The van der Waals surface area contributed by atoms with Crippen molar-refractivity contribution < 1.29 is 9.53 Å². The van der Waals surface area contributed by atoms with Crippen LogP contribution >= 0.6 is 0 Å². The lowest BCUT2D eigenvalue weighted by molar-refractivity contribution is 0.0691. The summed E-state index contributed by atoms with van der Waals surface area (Å²) in [5.41, 5.74) is 0. The van der Waals surface area contributed by atoms with Crippen LogP contribution in [-0.4, -0.2) is 40.3 Å². The van der Waals surface area contributed by atoms with E-state index < -0.39 is 0 Å². The van der Waals surface area contributed by atoms with Crippen molar-refractivity contribution in [2.24, 2.45) is 0 Å². The van der Waals surface area contributed by atoms with Crippen LogP contribution in [0.4, 0.5) is 0 Å². The van der Waals surface area contributed by atoms with Crippen LogP contribution < -0.4 is 5.32 Å². The Morgan fingerprint density at radius 3 is 2.94 bits per heavy atom. The number of aromatic nitrogens is 3. The number of ether oxygens (including phenoxy) is 1. The molecular weight excluding hydrogens is 220 g/mol. The Bertz CT molecular complexity index is 351. The molecule has 6 nitrogen and oxygen atoms in total. The van der Waals surface area contributed by atoms with E-state index in [4.69, 9.17) is 4.74 Å². The monoisotopic (exact) mass is 240 g/mol. The lowest BCUT2D eigenvalue weighted by atomic mass is 10.3. The first-order valence-electron chi connectivity index (χ1n) is 5.98. The van der Waals surface area contributed by atoms with Crippen molar-refractivity contribution in [3.05, 3.63) is 11.6 Å². The van der Waals surface area contributed by atoms with Crippen LogP contribution in [0.3, 0.4) is 0 Å². The number of amides is 1. The molecule has 0 aliphatic carbocycles. The van der Waals surface area contributed by atoms with Crippen molar-refractivity contribution in [1.82, 2.24) is 20.5 Å². The lowest BCUT2D eigenvalue weighted by Crippen LogP contribution is -2.32. The van der Waals surface area contributed by atoms with Crippen molar-refractivity contribution in [3.8, 4) is 0 Å². The van der Waals surface area contributed by atoms with Crippen LogP contribution in [-0.2, 0) is 11.2 Å². The minimum atomic E-state index is -0.268. The predicted molar refractivity (Wildman–Crippen MR) is 63.8 cm³/mol. The zero-order chi connectivity index (χ0) is 12.7. The maximum absolute atomic E-state index is 11.7. The van der Waals surface area contributed by atoms with E-state index in [-0.39, 0.29) is 17.8 Å². The van der Waals surface area contributed by atoms with Gasteiger partial charge < -0.3 is 10.1 Å². The van der Waals surface area contributed by atoms with E-state index in [0.717, 1.165) is 18.7 Å². The first-order valence-corrected chi connectivity index (χ1v) is 5.98. The summed E-state index contributed by atoms with van der Waals surface area (Å²) < 4.78 is 5.31. The highest BCUT2D eigenvalue weighted by Gasteiger charge is 2.12. The van der Waals surface area contributed by atoms with Gasteiger partial charge in [0.15, 0.2) is 0 Å². The summed E-state index contributed by atoms with van der Waals surface area (Å²) in [6.45, 7) is 6.98. The smallest absolute Gasteiger partial charge is 0.291 e. The quantitative estimate of drug-likeness (QED) is 0.742. The van der Waals surface area contributed by atoms with E-state index in [0.29, 0.717) is 13.2 Å². The fourth-order valence-corrected chi connectivity index (χ4v) is 1.40. The summed E-state index contributed by atoms with van der Waals surface area (Å²) in [5, 5.41) is 9.35. The Morgan fingerprint density at radius 1 is 1.53 bits per heavy atom. The number of carbonyl (C=O) groups is 1. The van der Waals surface area contributed by atoms with Crippen LogP contribution in [0, 0.1) is 0 Å². The molecule has 0 saturated heterocycles. The number of aromatic amines is 1. The minimum absolute atomic E-state index is 0.00185. The van der Waals surface area contributed by atoms with Gasteiger partial charge in [-0.1, -0.05) is 6.92 Å². The van der Waals surface area contributed by atoms with Crippen molar-refractivity contribution in [3.63, 3.8) is 0 Å². The van der Waals surface area contributed by atoms with E-state index in [2.05, 4.69) is 20.5 Å². The van der Waals surface area contributed by atoms with E-state index >= 15 is 0 Å². The Morgan fingerprint density at radius 2 is 2.29 bits per heavy atom. The fourth-order valence-electron chi connectivity index (χ4n) is 1.40. The largest absolute Gasteiger partial charge is 0.377 e. The maximum atomic E-state index is 11.7. The van der Waals surface area contributed by atoms with Crippen molar-refractivity contribution in [2.45, 2.75) is 39.7 Å². The molecular formula is C11H20N4O2. The van der Waals surface area contributed by atoms with Gasteiger partial charge in [-0.3, -0.25) is 9.89 Å². The highest BCUT2D eigenvalue weighted by atomic mass is 16.5. The average molecular weight is 240 g/mol. The third kappa shape index (κ3) is 4.52. The molecule has 1 unspecified atom stereocenters. The second-order valence-corrected chi connectivity index (χ2v) is 3.83. The SMILES string of the molecule is CCCc1nc(C(=O)NCC(C)OCC)n[nH]1. The third-order valence-corrected chi connectivity index (χ3v) is 2.22. The fraction of sp³-hybridized carbons (Fsp3) is 0.727. The van der Waals surface area contributed by atoms with Gasteiger partial charge in [-0.05, 0) is 20.3 Å². The highest BCUT2D eigenvalue weighted by Crippen LogP contribution is 1.97. The van der Waals surface area contributed by atoms with Gasteiger partial charge in [-0.25, -0.2) is 4.98 Å². The molecule has 17 heavy (non-hydrogen) atoms. The number of carbonyl (C=O) groups excluding carboxylic acids is 1. The molecule has 2 N–H and O–H groups in total. The minimum Gasteiger partial charge on any atom is -0.377 e. The number of aryl methyl sites for hydroxylation is 1. The average Bonchev–Trinajstić information content (AvgIpc) is 2.75. The molecule has 0 aliphatic heterocycles. The van der Waals surface area contributed by atoms with Gasteiger partial charge in [0.05, 0.1) is 6.10 Å². The second kappa shape index (κ2) is 7.01. The zero-order valence-corrected chi connectivity index (χ0v) is 10.6. The van der Waals surface area contributed by atoms with Gasteiger partial charge in [0.1, 0.15) is 5.82 Å². The normalized spacial score (nSPS) is 12.4. The maximum Gasteiger partial charge on any atom is 0.291 e. The molecule has 0 spiro atoms. The topological polar surface area (TPSA) is 79.9 Å². The number of nitrogens with one attached hydrogen (secondary N) is 2. The van der Waals surface area contributed by atoms with Gasteiger partial charge >= 0.3 is 0 Å². The zero-order valence-electron chi connectivity index (χ0n) is 10.6. The van der Waals surface area contributed by atoms with Gasteiger partial charge in [-0.2, -0.15) is 0 Å². The molecule has 1 atom stereocenters. The Labute approximate surface area is 101 Å². The second-order valence-electron chi connectivity index (χ2n) is 3.83. The summed E-state index contributed by atoms with van der Waals surface area (Å²) in [5.74, 6) is 0.669. The molecule has 1 rings (SSSR count). The first-order chi connectivity index (χ1) is 8.17. The molecule has 0 aliphatic rings. The van der Waals surface area contributed by atoms with Crippen molar-refractivity contribution in [1.29, 1.82) is 0 Å². The number of hydrogen-bond donors (Lipinski definition) is 2. The molecule has 0 bridgehead atoms. The Kier molecular flexibility index (Phi) is 5.62. The molecule has 0 saturated carbocycles. The summed E-state index contributed by atoms with van der Waals surface area (Å²) in [4.78, 5) is 15.8. The molecule has 6 heteroatoms. The Hall–Kier alpha value is -1.43. The van der Waals surface area contributed by atoms with Crippen LogP contribution in [0.1, 0.15) is 43.6 Å². The highest BCUT2D eigenvalue weighted by molar-refractivity contribution is 5.90. The van der Waals surface area contributed by atoms with Gasteiger partial charge in [-0.15, -0.1) is 5.10 Å². The molecule has 0 fully saturated rings. The molecule has 96 valence electrons. The molecule has 0 radical (unpaired) electrons. The Balaban J connectivity index is 2.40. The summed E-state index contributed by atoms with van der Waals surface area (Å²) in [7, 11) is 0. The molecule has 1 heterocycles. The standard InChI is InChI=1S/C11H20N4O2/c1-4-6-9-13-10(15-14-9)11(16)12-7-8(3)17-5-2/h8H,4-7H2,1-3H3,(H,12,16)(H,13,14,15). The third-order valence-electron chi connectivity index (χ3n) is 2.22. The van der Waals surface area contributed by atoms with E-state index in [1.54, 1.807) is 0 Å². The van der Waals surface area contributed by atoms with Gasteiger partial charge in [0, 0.05) is 19.6 Å².